The van der Waals surface area contributed by atoms with E-state index in [1.54, 1.807) is 6.33 Å². The van der Waals surface area contributed by atoms with Crippen molar-refractivity contribution in [1.29, 1.82) is 0 Å². The van der Waals surface area contributed by atoms with Crippen LogP contribution in [0.15, 0.2) is 11.3 Å². The van der Waals surface area contributed by atoms with Crippen LogP contribution in [-0.4, -0.2) is 63.7 Å². The highest BCUT2D eigenvalue weighted by atomic mass is 32.2. The van der Waals surface area contributed by atoms with Crippen molar-refractivity contribution in [2.45, 2.75) is 37.4 Å². The van der Waals surface area contributed by atoms with Crippen molar-refractivity contribution >= 4 is 17.7 Å². The number of aromatic nitrogens is 3. The van der Waals surface area contributed by atoms with Gasteiger partial charge in [-0.3, -0.25) is 10.1 Å². The summed E-state index contributed by atoms with van der Waals surface area (Å²) in [6, 6.07) is 0. The van der Waals surface area contributed by atoms with Crippen LogP contribution in [0.5, 0.6) is 0 Å². The Kier molecular flexibility index (Phi) is 5.50. The van der Waals surface area contributed by atoms with Crippen LogP contribution in [0.25, 0.3) is 0 Å². The van der Waals surface area contributed by atoms with Gasteiger partial charge in [-0.1, -0.05) is 0 Å². The van der Waals surface area contributed by atoms with Crippen LogP contribution in [0.3, 0.4) is 0 Å². The summed E-state index contributed by atoms with van der Waals surface area (Å²) in [7, 11) is 1.86. The maximum Gasteiger partial charge on any atom is 0.193 e. The molecule has 2 rings (SSSR count). The quantitative estimate of drug-likeness (QED) is 0.654. The van der Waals surface area contributed by atoms with Gasteiger partial charge in [0.15, 0.2) is 5.96 Å². The zero-order chi connectivity index (χ0) is 15.3. The van der Waals surface area contributed by atoms with Gasteiger partial charge in [0, 0.05) is 37.3 Å². The first-order valence-corrected chi connectivity index (χ1v) is 8.64. The van der Waals surface area contributed by atoms with E-state index in [2.05, 4.69) is 50.5 Å². The Balaban J connectivity index is 1.85. The first kappa shape index (κ1) is 16.1. The van der Waals surface area contributed by atoms with E-state index >= 15 is 0 Å². The highest BCUT2D eigenvalue weighted by Gasteiger charge is 2.25. The molecule has 0 radical (unpaired) electrons. The zero-order valence-electron chi connectivity index (χ0n) is 13.4. The summed E-state index contributed by atoms with van der Waals surface area (Å²) < 4.78 is 0.216. The third-order valence-electron chi connectivity index (χ3n) is 4.05. The van der Waals surface area contributed by atoms with E-state index in [1.165, 1.54) is 0 Å². The van der Waals surface area contributed by atoms with Crippen LogP contribution in [0.4, 0.5) is 0 Å². The van der Waals surface area contributed by atoms with E-state index in [-0.39, 0.29) is 4.75 Å². The van der Waals surface area contributed by atoms with Gasteiger partial charge in [0.05, 0.1) is 0 Å². The molecule has 0 aliphatic carbocycles. The fourth-order valence-electron chi connectivity index (χ4n) is 2.47. The number of hydrogen-bond acceptors (Lipinski definition) is 4. The molecule has 0 spiro atoms. The lowest BCUT2D eigenvalue weighted by atomic mass is 9.96. The molecular weight excluding hydrogens is 284 g/mol. The number of nitrogens with zero attached hydrogens (tertiary/aromatic N) is 4. The standard InChI is InChI=1S/C14H26N6S/c1-14(2,21-4)9-16-13(15-3)20-7-5-11(6-8-20)12-17-10-18-19-12/h10-11H,5-9H2,1-4H3,(H,15,16)(H,17,18,19). The minimum atomic E-state index is 0.216. The minimum absolute atomic E-state index is 0.216. The second-order valence-electron chi connectivity index (χ2n) is 6.00. The van der Waals surface area contributed by atoms with E-state index in [0.29, 0.717) is 5.92 Å². The number of piperidine rings is 1. The molecule has 1 fully saturated rings. The molecule has 1 aromatic heterocycles. The summed E-state index contributed by atoms with van der Waals surface area (Å²) in [4.78, 5) is 11.0. The van der Waals surface area contributed by atoms with Gasteiger partial charge in [0.25, 0.3) is 0 Å². The predicted octanol–water partition coefficient (Wildman–Crippen LogP) is 1.70. The summed E-state index contributed by atoms with van der Waals surface area (Å²) in [5, 5.41) is 10.4. The maximum atomic E-state index is 4.42. The first-order chi connectivity index (χ1) is 10.1. The minimum Gasteiger partial charge on any atom is -0.355 e. The fourth-order valence-corrected chi connectivity index (χ4v) is 2.69. The molecule has 0 atom stereocenters. The molecular formula is C14H26N6S. The van der Waals surface area contributed by atoms with Gasteiger partial charge in [-0.2, -0.15) is 16.9 Å². The number of H-pyrrole nitrogens is 1. The lowest BCUT2D eigenvalue weighted by Gasteiger charge is -2.34. The Morgan fingerprint density at radius 1 is 1.52 bits per heavy atom. The Morgan fingerprint density at radius 2 is 2.24 bits per heavy atom. The molecule has 2 heterocycles. The van der Waals surface area contributed by atoms with Crippen molar-refractivity contribution in [2.75, 3.05) is 32.9 Å². The number of rotatable bonds is 4. The number of likely N-dealkylation sites (tertiary alicyclic amines) is 1. The maximum absolute atomic E-state index is 4.42. The van der Waals surface area contributed by atoms with Crippen molar-refractivity contribution in [3.63, 3.8) is 0 Å². The molecule has 1 aliphatic rings. The first-order valence-electron chi connectivity index (χ1n) is 7.42. The molecule has 1 aromatic rings. The van der Waals surface area contributed by atoms with Gasteiger partial charge in [0.2, 0.25) is 0 Å². The van der Waals surface area contributed by atoms with Gasteiger partial charge in [-0.25, -0.2) is 4.98 Å². The Bertz CT molecular complexity index is 448. The Hall–Kier alpha value is -1.24. The second-order valence-corrected chi connectivity index (χ2v) is 7.51. The van der Waals surface area contributed by atoms with Crippen molar-refractivity contribution in [2.24, 2.45) is 4.99 Å². The summed E-state index contributed by atoms with van der Waals surface area (Å²) >= 11 is 1.87. The molecule has 6 nitrogen and oxygen atoms in total. The lowest BCUT2D eigenvalue weighted by molar-refractivity contribution is 0.298. The van der Waals surface area contributed by atoms with Gasteiger partial charge in [-0.05, 0) is 32.9 Å². The molecule has 2 N–H and O–H groups in total. The van der Waals surface area contributed by atoms with E-state index < -0.39 is 0 Å². The zero-order valence-corrected chi connectivity index (χ0v) is 14.2. The number of guanidine groups is 1. The van der Waals surface area contributed by atoms with Gasteiger partial charge < -0.3 is 10.2 Å². The third-order valence-corrected chi connectivity index (χ3v) is 5.30. The molecule has 1 aliphatic heterocycles. The van der Waals surface area contributed by atoms with Crippen LogP contribution < -0.4 is 5.32 Å². The topological polar surface area (TPSA) is 69.2 Å². The molecule has 21 heavy (non-hydrogen) atoms. The van der Waals surface area contributed by atoms with Gasteiger partial charge >= 0.3 is 0 Å². The second kappa shape index (κ2) is 7.15. The molecule has 7 heteroatoms. The van der Waals surface area contributed by atoms with Crippen LogP contribution in [0.1, 0.15) is 38.4 Å². The monoisotopic (exact) mass is 310 g/mol. The molecule has 0 aromatic carbocycles. The Morgan fingerprint density at radius 3 is 2.76 bits per heavy atom. The molecule has 0 amide bonds. The highest BCUT2D eigenvalue weighted by molar-refractivity contribution is 7.99. The van der Waals surface area contributed by atoms with E-state index in [1.807, 2.05) is 18.8 Å². The molecule has 1 saturated heterocycles. The smallest absolute Gasteiger partial charge is 0.193 e. The molecule has 0 saturated carbocycles. The summed E-state index contributed by atoms with van der Waals surface area (Å²) in [5.41, 5.74) is 0. The summed E-state index contributed by atoms with van der Waals surface area (Å²) in [6.45, 7) is 7.42. The largest absolute Gasteiger partial charge is 0.355 e. The average Bonchev–Trinajstić information content (AvgIpc) is 3.03. The number of aliphatic imine (C=N–C) groups is 1. The Labute approximate surface area is 131 Å². The third kappa shape index (κ3) is 4.36. The fraction of sp³-hybridized carbons (Fsp3) is 0.786. The van der Waals surface area contributed by atoms with Crippen molar-refractivity contribution in [3.8, 4) is 0 Å². The average molecular weight is 310 g/mol. The van der Waals surface area contributed by atoms with Crippen molar-refractivity contribution in [3.05, 3.63) is 12.2 Å². The summed E-state index contributed by atoms with van der Waals surface area (Å²) in [6.07, 6.45) is 5.91. The molecule has 0 unspecified atom stereocenters. The predicted molar refractivity (Wildman–Crippen MR) is 88.9 cm³/mol. The van der Waals surface area contributed by atoms with Gasteiger partial charge in [-0.15, -0.1) is 0 Å². The summed E-state index contributed by atoms with van der Waals surface area (Å²) in [5.74, 6) is 2.51. The number of hydrogen-bond donors (Lipinski definition) is 2. The van der Waals surface area contributed by atoms with Gasteiger partial charge in [0.1, 0.15) is 12.2 Å². The van der Waals surface area contributed by atoms with Crippen molar-refractivity contribution in [1.82, 2.24) is 25.4 Å². The van der Waals surface area contributed by atoms with E-state index in [4.69, 9.17) is 0 Å². The number of thioether (sulfide) groups is 1. The number of nitrogens with one attached hydrogen (secondary N) is 2. The number of aromatic amines is 1. The van der Waals surface area contributed by atoms with Crippen LogP contribution in [-0.2, 0) is 0 Å². The normalized spacial score (nSPS) is 18.1. The SMILES string of the molecule is CN=C(NCC(C)(C)SC)N1CCC(c2ncn[nH]2)CC1. The van der Waals surface area contributed by atoms with Crippen molar-refractivity contribution < 1.29 is 0 Å². The van der Waals surface area contributed by atoms with Crippen LogP contribution in [0.2, 0.25) is 0 Å². The van der Waals surface area contributed by atoms with Crippen LogP contribution in [0, 0.1) is 0 Å². The molecule has 0 bridgehead atoms. The van der Waals surface area contributed by atoms with E-state index in [0.717, 1.165) is 44.3 Å². The molecule has 118 valence electrons. The van der Waals surface area contributed by atoms with Crippen LogP contribution >= 0.6 is 11.8 Å². The highest BCUT2D eigenvalue weighted by Crippen LogP contribution is 2.25. The lowest BCUT2D eigenvalue weighted by Crippen LogP contribution is -2.48. The van der Waals surface area contributed by atoms with E-state index in [9.17, 15) is 0 Å².